The van der Waals surface area contributed by atoms with Gasteiger partial charge in [-0.1, -0.05) is 13.8 Å². The Morgan fingerprint density at radius 3 is 2.22 bits per heavy atom. The summed E-state index contributed by atoms with van der Waals surface area (Å²) in [4.78, 5) is 5.08. The molecule has 1 nitrogen and oxygen atoms in total. The van der Waals surface area contributed by atoms with Crippen LogP contribution in [0.2, 0.25) is 0 Å². The summed E-state index contributed by atoms with van der Waals surface area (Å²) in [5.41, 5.74) is 1.79. The third-order valence-corrected chi connectivity index (χ3v) is 2.08. The van der Waals surface area contributed by atoms with Crippen molar-refractivity contribution >= 4 is 24.0 Å². The first-order valence-electron chi connectivity index (χ1n) is 2.90. The van der Waals surface area contributed by atoms with Gasteiger partial charge in [-0.25, -0.2) is 4.98 Å². The quantitative estimate of drug-likeness (QED) is 0.577. The van der Waals surface area contributed by atoms with Gasteiger partial charge in [0.25, 0.3) is 0 Å². The number of aromatic nitrogens is 1. The van der Waals surface area contributed by atoms with Crippen LogP contribution >= 0.6 is 24.0 Å². The lowest BCUT2D eigenvalue weighted by Gasteiger charge is -1.76. The highest BCUT2D eigenvalue weighted by molar-refractivity contribution is 7.80. The second kappa shape index (κ2) is 4.82. The third kappa shape index (κ3) is 2.87. The molecule has 0 aromatic carbocycles. The van der Waals surface area contributed by atoms with Gasteiger partial charge in [-0.15, -0.1) is 24.0 Å². The summed E-state index contributed by atoms with van der Waals surface area (Å²) in [6, 6.07) is 0. The van der Waals surface area contributed by atoms with Gasteiger partial charge in [-0.05, 0) is 6.92 Å². The summed E-state index contributed by atoms with van der Waals surface area (Å²) < 4.78 is 0. The Labute approximate surface area is 65.5 Å². The molecule has 1 rings (SSSR count). The van der Waals surface area contributed by atoms with Crippen LogP contribution in [0.15, 0.2) is 10.5 Å². The van der Waals surface area contributed by atoms with E-state index in [-0.39, 0.29) is 0 Å². The number of thiazole rings is 1. The maximum Gasteiger partial charge on any atom is 0.107 e. The molecule has 0 aliphatic carbocycles. The summed E-state index contributed by atoms with van der Waals surface area (Å²) in [6.45, 7) is 6.00. The molecule has 0 N–H and O–H groups in total. The van der Waals surface area contributed by atoms with E-state index in [1.54, 1.807) is 16.8 Å². The van der Waals surface area contributed by atoms with Crippen LogP contribution in [0.1, 0.15) is 18.7 Å². The third-order valence-electron chi connectivity index (χ3n) is 0.719. The van der Waals surface area contributed by atoms with Crippen molar-refractivity contribution in [3.8, 4) is 0 Å². The van der Waals surface area contributed by atoms with Gasteiger partial charge in [0.05, 0.1) is 5.51 Å². The van der Waals surface area contributed by atoms with Crippen LogP contribution in [0.5, 0.6) is 0 Å². The molecule has 0 bridgehead atoms. The van der Waals surface area contributed by atoms with Crippen molar-refractivity contribution in [2.45, 2.75) is 25.8 Å². The lowest BCUT2D eigenvalue weighted by atomic mass is 10.6. The number of hydrogen-bond donors (Lipinski definition) is 1. The minimum absolute atomic E-state index is 0.852. The van der Waals surface area contributed by atoms with Crippen molar-refractivity contribution in [3.63, 3.8) is 0 Å². The highest BCUT2D eigenvalue weighted by Gasteiger charge is 1.90. The zero-order valence-electron chi connectivity index (χ0n) is 5.88. The first kappa shape index (κ1) is 8.98. The molecule has 1 aromatic heterocycles. The smallest absolute Gasteiger partial charge is 0.107 e. The van der Waals surface area contributed by atoms with Crippen molar-refractivity contribution < 1.29 is 0 Å². The topological polar surface area (TPSA) is 12.9 Å². The van der Waals surface area contributed by atoms with Crippen molar-refractivity contribution in [3.05, 3.63) is 10.4 Å². The Hall–Kier alpha value is -0.0200. The van der Waals surface area contributed by atoms with E-state index in [2.05, 4.69) is 17.6 Å². The predicted molar refractivity (Wildman–Crippen MR) is 45.5 cm³/mol. The summed E-state index contributed by atoms with van der Waals surface area (Å²) in [5.74, 6) is 0. The summed E-state index contributed by atoms with van der Waals surface area (Å²) in [6.07, 6.45) is 0. The van der Waals surface area contributed by atoms with E-state index >= 15 is 0 Å². The first-order valence-corrected chi connectivity index (χ1v) is 4.22. The molecule has 0 amide bonds. The van der Waals surface area contributed by atoms with Gasteiger partial charge >= 0.3 is 0 Å². The van der Waals surface area contributed by atoms with Gasteiger partial charge < -0.3 is 0 Å². The minimum atomic E-state index is 0.852. The fourth-order valence-electron chi connectivity index (χ4n) is 0.299. The second-order valence-electron chi connectivity index (χ2n) is 1.23. The van der Waals surface area contributed by atoms with Crippen molar-refractivity contribution in [2.75, 3.05) is 0 Å². The van der Waals surface area contributed by atoms with E-state index < -0.39 is 0 Å². The van der Waals surface area contributed by atoms with Gasteiger partial charge in [-0.2, -0.15) is 0 Å². The fraction of sp³-hybridized carbons (Fsp3) is 0.500. The molecule has 0 saturated carbocycles. The molecule has 9 heavy (non-hydrogen) atoms. The molecule has 0 spiro atoms. The number of hydrogen-bond acceptors (Lipinski definition) is 3. The molecule has 0 fully saturated rings. The van der Waals surface area contributed by atoms with Gasteiger partial charge in [-0.3, -0.25) is 0 Å². The van der Waals surface area contributed by atoms with Crippen molar-refractivity contribution in [2.24, 2.45) is 0 Å². The van der Waals surface area contributed by atoms with Crippen molar-refractivity contribution in [1.82, 2.24) is 4.98 Å². The molecule has 0 unspecified atom stereocenters. The Morgan fingerprint density at radius 2 is 2.11 bits per heavy atom. The van der Waals surface area contributed by atoms with Gasteiger partial charge in [0, 0.05) is 4.88 Å². The normalized spacial score (nSPS) is 8.00. The maximum absolute atomic E-state index is 4.05. The van der Waals surface area contributed by atoms with E-state index in [1.165, 1.54) is 4.88 Å². The van der Waals surface area contributed by atoms with E-state index in [0.717, 1.165) is 5.03 Å². The molecule has 0 aliphatic rings. The predicted octanol–water partition coefficient (Wildman–Crippen LogP) is 2.77. The Morgan fingerprint density at radius 1 is 1.56 bits per heavy atom. The number of thiol groups is 1. The Bertz CT molecular complexity index is 143. The molecule has 1 aromatic rings. The van der Waals surface area contributed by atoms with Gasteiger partial charge in [0.1, 0.15) is 5.03 Å². The fourth-order valence-corrected chi connectivity index (χ4v) is 1.07. The molecule has 52 valence electrons. The Kier molecular flexibility index (Phi) is 4.81. The highest BCUT2D eigenvalue weighted by atomic mass is 32.1. The highest BCUT2D eigenvalue weighted by Crippen LogP contribution is 2.13. The molecule has 0 radical (unpaired) electrons. The van der Waals surface area contributed by atoms with E-state index in [9.17, 15) is 0 Å². The van der Waals surface area contributed by atoms with Crippen LogP contribution in [0.3, 0.4) is 0 Å². The van der Waals surface area contributed by atoms with Crippen LogP contribution in [-0.2, 0) is 0 Å². The number of rotatable bonds is 0. The zero-order valence-corrected chi connectivity index (χ0v) is 7.59. The van der Waals surface area contributed by atoms with Gasteiger partial charge in [0.15, 0.2) is 0 Å². The van der Waals surface area contributed by atoms with E-state index in [0.29, 0.717) is 0 Å². The van der Waals surface area contributed by atoms with Crippen LogP contribution < -0.4 is 0 Å². The summed E-state index contributed by atoms with van der Waals surface area (Å²) in [5, 5.41) is 0.852. The van der Waals surface area contributed by atoms with Crippen molar-refractivity contribution in [1.29, 1.82) is 0 Å². The molecule has 1 heterocycles. The van der Waals surface area contributed by atoms with Gasteiger partial charge in [0.2, 0.25) is 0 Å². The molecular formula is C6H11NS2. The number of aryl methyl sites for hydroxylation is 1. The average molecular weight is 161 g/mol. The molecule has 0 saturated heterocycles. The Balaban J connectivity index is 0.000000291. The second-order valence-corrected chi connectivity index (χ2v) is 2.71. The lowest BCUT2D eigenvalue weighted by Crippen LogP contribution is -1.61. The largest absolute Gasteiger partial charge is 0.238 e. The first-order chi connectivity index (χ1) is 4.30. The average Bonchev–Trinajstić information content (AvgIpc) is 2.23. The summed E-state index contributed by atoms with van der Waals surface area (Å²) >= 11 is 5.67. The molecule has 0 atom stereocenters. The summed E-state index contributed by atoms with van der Waals surface area (Å²) in [7, 11) is 0. The molecule has 0 aliphatic heterocycles. The minimum Gasteiger partial charge on any atom is -0.238 e. The molecular weight excluding hydrogens is 150 g/mol. The monoisotopic (exact) mass is 161 g/mol. The van der Waals surface area contributed by atoms with Crippen LogP contribution in [0, 0.1) is 6.92 Å². The van der Waals surface area contributed by atoms with Crippen LogP contribution in [-0.4, -0.2) is 4.98 Å². The lowest BCUT2D eigenvalue weighted by molar-refractivity contribution is 1.17. The SMILES string of the molecule is CC.Cc1scnc1S. The van der Waals surface area contributed by atoms with E-state index in [1.807, 2.05) is 20.8 Å². The maximum atomic E-state index is 4.05. The van der Waals surface area contributed by atoms with Crippen LogP contribution in [0.25, 0.3) is 0 Å². The van der Waals surface area contributed by atoms with Crippen LogP contribution in [0.4, 0.5) is 0 Å². The number of nitrogens with zero attached hydrogens (tertiary/aromatic N) is 1. The zero-order chi connectivity index (χ0) is 7.28. The standard InChI is InChI=1S/C4H5NS2.C2H6/c1-3-4(6)5-2-7-3;1-2/h2,6H,1H3;1-2H3. The van der Waals surface area contributed by atoms with E-state index in [4.69, 9.17) is 0 Å². The molecule has 3 heteroatoms.